The van der Waals surface area contributed by atoms with Crippen molar-refractivity contribution >= 4 is 11.5 Å². The average Bonchev–Trinajstić information content (AvgIpc) is 3.20. The molecule has 0 bridgehead atoms. The molecule has 7 nitrogen and oxygen atoms in total. The van der Waals surface area contributed by atoms with E-state index in [0.717, 1.165) is 61.0 Å². The third-order valence-electron chi connectivity index (χ3n) is 6.10. The molecule has 0 unspecified atom stereocenters. The first-order valence-corrected chi connectivity index (χ1v) is 10.9. The maximum absolute atomic E-state index is 6.33. The van der Waals surface area contributed by atoms with Gasteiger partial charge in [-0.2, -0.15) is 9.61 Å². The van der Waals surface area contributed by atoms with Crippen LogP contribution in [0, 0.1) is 0 Å². The Kier molecular flexibility index (Phi) is 5.79. The van der Waals surface area contributed by atoms with Crippen molar-refractivity contribution in [3.63, 3.8) is 0 Å². The molecule has 166 valence electrons. The van der Waals surface area contributed by atoms with E-state index in [4.69, 9.17) is 20.2 Å². The van der Waals surface area contributed by atoms with Crippen LogP contribution in [0.5, 0.6) is 11.5 Å². The number of rotatable bonds is 5. The van der Waals surface area contributed by atoms with Crippen LogP contribution in [0.3, 0.4) is 0 Å². The van der Waals surface area contributed by atoms with Crippen molar-refractivity contribution in [3.8, 4) is 11.5 Å². The highest BCUT2D eigenvalue weighted by atomic mass is 16.5. The molecule has 1 aliphatic rings. The number of piperidine rings is 1. The summed E-state index contributed by atoms with van der Waals surface area (Å²) in [5.74, 6) is 2.61. The highest BCUT2D eigenvalue weighted by Gasteiger charge is 2.24. The van der Waals surface area contributed by atoms with Crippen LogP contribution >= 0.6 is 0 Å². The molecule has 0 aliphatic carbocycles. The fourth-order valence-corrected chi connectivity index (χ4v) is 4.22. The molecule has 0 amide bonds. The number of benzene rings is 1. The summed E-state index contributed by atoms with van der Waals surface area (Å²) < 4.78 is 12.5. The van der Waals surface area contributed by atoms with Gasteiger partial charge in [0.05, 0.1) is 19.9 Å². The second kappa shape index (κ2) is 8.38. The van der Waals surface area contributed by atoms with Crippen LogP contribution in [-0.4, -0.2) is 46.8 Å². The maximum atomic E-state index is 6.33. The first-order valence-electron chi connectivity index (χ1n) is 10.9. The monoisotopic (exact) mass is 423 g/mol. The SMILES string of the molecule is COc1ccc(CN2CCC(c3cc(N)n4nc(C(C)(C)C)cc4n3)CC2)cc1OC. The Morgan fingerprint density at radius 2 is 1.74 bits per heavy atom. The molecule has 0 saturated carbocycles. The standard InChI is InChI=1S/C24H33N5O2/c1-24(2,3)21-14-23-26-18(13-22(25)29(23)27-21)17-8-10-28(11-9-17)15-16-6-7-19(30-4)20(12-16)31-5/h6-7,12-14,17H,8-11,15,25H2,1-5H3. The molecule has 0 radical (unpaired) electrons. The second-order valence-corrected chi connectivity index (χ2v) is 9.40. The molecular formula is C24H33N5O2. The van der Waals surface area contributed by atoms with Gasteiger partial charge in [-0.3, -0.25) is 4.90 Å². The summed E-state index contributed by atoms with van der Waals surface area (Å²) >= 11 is 0. The van der Waals surface area contributed by atoms with Crippen molar-refractivity contribution in [2.45, 2.75) is 51.5 Å². The molecule has 0 spiro atoms. The van der Waals surface area contributed by atoms with Gasteiger partial charge in [0, 0.05) is 35.7 Å². The van der Waals surface area contributed by atoms with Gasteiger partial charge >= 0.3 is 0 Å². The van der Waals surface area contributed by atoms with Gasteiger partial charge in [0.2, 0.25) is 0 Å². The van der Waals surface area contributed by atoms with Gasteiger partial charge in [0.15, 0.2) is 17.1 Å². The van der Waals surface area contributed by atoms with Crippen molar-refractivity contribution in [1.82, 2.24) is 19.5 Å². The zero-order chi connectivity index (χ0) is 22.2. The number of anilines is 1. The molecule has 1 saturated heterocycles. The van der Waals surface area contributed by atoms with E-state index >= 15 is 0 Å². The molecule has 1 aromatic carbocycles. The lowest BCUT2D eigenvalue weighted by Crippen LogP contribution is -2.32. The van der Waals surface area contributed by atoms with E-state index in [-0.39, 0.29) is 5.41 Å². The number of nitrogens with two attached hydrogens (primary N) is 1. The Morgan fingerprint density at radius 3 is 2.39 bits per heavy atom. The molecule has 1 fully saturated rings. The molecule has 1 aliphatic heterocycles. The summed E-state index contributed by atoms with van der Waals surface area (Å²) in [5.41, 5.74) is 10.5. The van der Waals surface area contributed by atoms with Crippen LogP contribution in [0.1, 0.15) is 56.5 Å². The fraction of sp³-hybridized carbons (Fsp3) is 0.500. The van der Waals surface area contributed by atoms with Crippen molar-refractivity contribution in [2.75, 3.05) is 33.0 Å². The van der Waals surface area contributed by atoms with Gasteiger partial charge < -0.3 is 15.2 Å². The Hall–Kier alpha value is -2.80. The van der Waals surface area contributed by atoms with E-state index in [0.29, 0.717) is 11.7 Å². The summed E-state index contributed by atoms with van der Waals surface area (Å²) in [7, 11) is 3.34. The van der Waals surface area contributed by atoms with Gasteiger partial charge in [-0.05, 0) is 43.6 Å². The third-order valence-corrected chi connectivity index (χ3v) is 6.10. The van der Waals surface area contributed by atoms with Crippen LogP contribution in [0.2, 0.25) is 0 Å². The van der Waals surface area contributed by atoms with Crippen LogP contribution in [0.25, 0.3) is 5.65 Å². The van der Waals surface area contributed by atoms with Gasteiger partial charge in [-0.15, -0.1) is 0 Å². The summed E-state index contributed by atoms with van der Waals surface area (Å²) in [6, 6.07) is 10.2. The maximum Gasteiger partial charge on any atom is 0.161 e. The van der Waals surface area contributed by atoms with Gasteiger partial charge in [0.25, 0.3) is 0 Å². The topological polar surface area (TPSA) is 77.9 Å². The third kappa shape index (κ3) is 4.46. The quantitative estimate of drug-likeness (QED) is 0.668. The van der Waals surface area contributed by atoms with E-state index in [9.17, 15) is 0 Å². The number of nitrogen functional groups attached to an aromatic ring is 1. The van der Waals surface area contributed by atoms with Crippen LogP contribution in [0.15, 0.2) is 30.3 Å². The number of hydrogen-bond donors (Lipinski definition) is 1. The number of hydrogen-bond acceptors (Lipinski definition) is 6. The molecule has 31 heavy (non-hydrogen) atoms. The van der Waals surface area contributed by atoms with E-state index in [1.807, 2.05) is 12.1 Å². The summed E-state index contributed by atoms with van der Waals surface area (Å²) in [6.45, 7) is 9.41. The lowest BCUT2D eigenvalue weighted by atomic mass is 9.92. The summed E-state index contributed by atoms with van der Waals surface area (Å²) in [5, 5.41) is 4.66. The summed E-state index contributed by atoms with van der Waals surface area (Å²) in [6.07, 6.45) is 2.13. The normalized spacial score (nSPS) is 16.0. The van der Waals surface area contributed by atoms with Gasteiger partial charge in [-0.1, -0.05) is 26.8 Å². The Morgan fingerprint density at radius 1 is 1.03 bits per heavy atom. The lowest BCUT2D eigenvalue weighted by molar-refractivity contribution is 0.203. The molecule has 3 aromatic rings. The van der Waals surface area contributed by atoms with E-state index in [1.165, 1.54) is 5.56 Å². The van der Waals surface area contributed by atoms with Crippen molar-refractivity contribution in [1.29, 1.82) is 0 Å². The highest BCUT2D eigenvalue weighted by Crippen LogP contribution is 2.32. The molecule has 2 aromatic heterocycles. The number of likely N-dealkylation sites (tertiary alicyclic amines) is 1. The Bertz CT molecular complexity index is 1060. The van der Waals surface area contributed by atoms with Crippen molar-refractivity contribution in [3.05, 3.63) is 47.3 Å². The first kappa shape index (κ1) is 21.4. The van der Waals surface area contributed by atoms with Crippen molar-refractivity contribution in [2.24, 2.45) is 0 Å². The predicted molar refractivity (Wildman–Crippen MR) is 123 cm³/mol. The van der Waals surface area contributed by atoms with E-state index < -0.39 is 0 Å². The molecule has 4 rings (SSSR count). The average molecular weight is 424 g/mol. The van der Waals surface area contributed by atoms with Crippen LogP contribution < -0.4 is 15.2 Å². The molecule has 2 N–H and O–H groups in total. The Balaban J connectivity index is 1.44. The zero-order valence-corrected chi connectivity index (χ0v) is 19.2. The first-order chi connectivity index (χ1) is 14.8. The minimum atomic E-state index is -0.0320. The van der Waals surface area contributed by atoms with Gasteiger partial charge in [0.1, 0.15) is 5.82 Å². The molecular weight excluding hydrogens is 390 g/mol. The highest BCUT2D eigenvalue weighted by molar-refractivity contribution is 5.50. The van der Waals surface area contributed by atoms with Crippen LogP contribution in [-0.2, 0) is 12.0 Å². The minimum Gasteiger partial charge on any atom is -0.493 e. The number of ether oxygens (including phenoxy) is 2. The predicted octanol–water partition coefficient (Wildman–Crippen LogP) is 4.01. The smallest absolute Gasteiger partial charge is 0.161 e. The van der Waals surface area contributed by atoms with E-state index in [1.54, 1.807) is 18.7 Å². The molecule has 0 atom stereocenters. The van der Waals surface area contributed by atoms with Gasteiger partial charge in [-0.25, -0.2) is 4.98 Å². The number of fused-ring (bicyclic) bond motifs is 1. The van der Waals surface area contributed by atoms with E-state index in [2.05, 4.69) is 49.0 Å². The van der Waals surface area contributed by atoms with Crippen LogP contribution in [0.4, 0.5) is 5.82 Å². The lowest BCUT2D eigenvalue weighted by Gasteiger charge is -2.32. The van der Waals surface area contributed by atoms with Crippen molar-refractivity contribution < 1.29 is 9.47 Å². The number of aromatic nitrogens is 3. The minimum absolute atomic E-state index is 0.0320. The summed E-state index contributed by atoms with van der Waals surface area (Å²) in [4.78, 5) is 7.40. The Labute approximate surface area is 184 Å². The number of nitrogens with zero attached hydrogens (tertiary/aromatic N) is 4. The second-order valence-electron chi connectivity index (χ2n) is 9.40. The molecule has 3 heterocycles. The largest absolute Gasteiger partial charge is 0.493 e. The zero-order valence-electron chi connectivity index (χ0n) is 19.2. The molecule has 7 heteroatoms. The fourth-order valence-electron chi connectivity index (χ4n) is 4.22. The number of methoxy groups -OCH3 is 2.